The maximum atomic E-state index is 14.0. The first kappa shape index (κ1) is 37.8. The SMILES string of the molecule is C=C(C)[C@@H]1CC[C@]2(NCCN3CCCC3=O)CC[C@]3(C)[C@H](CC[C@@H]4C[C@H](C(C)(C)/C(=C\CCC)C5=CC[C@](CF)(C(=O)O)CC5)CC[C@]43C)[C@@H]12. The molecule has 0 aromatic carbocycles. The highest BCUT2D eigenvalue weighted by Gasteiger charge is 2.66. The molecule has 6 aliphatic rings. The van der Waals surface area contributed by atoms with Crippen LogP contribution in [0.4, 0.5) is 4.39 Å². The second-order valence-electron chi connectivity index (χ2n) is 19.1. The topological polar surface area (TPSA) is 69.6 Å². The van der Waals surface area contributed by atoms with Crippen molar-refractivity contribution in [1.82, 2.24) is 10.2 Å². The largest absolute Gasteiger partial charge is 0.481 e. The number of nitrogens with zero attached hydrogens (tertiary/aromatic N) is 1. The van der Waals surface area contributed by atoms with Crippen LogP contribution in [-0.2, 0) is 9.59 Å². The number of amides is 1. The number of alkyl halides is 1. The molecule has 5 aliphatic carbocycles. The number of rotatable bonds is 12. The normalized spacial score (nSPS) is 40.6. The summed E-state index contributed by atoms with van der Waals surface area (Å²) >= 11 is 0. The third kappa shape index (κ3) is 6.17. The molecule has 0 radical (unpaired) electrons. The van der Waals surface area contributed by atoms with Crippen LogP contribution in [0.5, 0.6) is 0 Å². The third-order valence-electron chi connectivity index (χ3n) is 16.6. The maximum absolute atomic E-state index is 14.0. The second kappa shape index (κ2) is 14.1. The molecular formula is C44H69FN2O3. The molecule has 0 aromatic heterocycles. The molecule has 1 amide bonds. The predicted octanol–water partition coefficient (Wildman–Crippen LogP) is 10.1. The number of carbonyl (C=O) groups is 2. The molecule has 6 rings (SSSR count). The monoisotopic (exact) mass is 693 g/mol. The summed E-state index contributed by atoms with van der Waals surface area (Å²) in [6.45, 7) is 21.2. The zero-order valence-electron chi connectivity index (χ0n) is 32.5. The lowest BCUT2D eigenvalue weighted by Gasteiger charge is -2.68. The van der Waals surface area contributed by atoms with Gasteiger partial charge in [0.2, 0.25) is 5.91 Å². The van der Waals surface area contributed by atoms with E-state index in [0.717, 1.165) is 38.9 Å². The van der Waals surface area contributed by atoms with Gasteiger partial charge in [-0.3, -0.25) is 9.59 Å². The van der Waals surface area contributed by atoms with E-state index in [4.69, 9.17) is 0 Å². The molecule has 0 unspecified atom stereocenters. The molecule has 5 fully saturated rings. The van der Waals surface area contributed by atoms with Crippen LogP contribution in [0.1, 0.15) is 144 Å². The van der Waals surface area contributed by atoms with E-state index in [0.29, 0.717) is 65.6 Å². The highest BCUT2D eigenvalue weighted by Crippen LogP contribution is 2.72. The van der Waals surface area contributed by atoms with Gasteiger partial charge in [0.15, 0.2) is 0 Å². The molecule has 4 saturated carbocycles. The molecule has 1 aliphatic heterocycles. The number of halogens is 1. The van der Waals surface area contributed by atoms with Gasteiger partial charge in [-0.05, 0) is 154 Å². The highest BCUT2D eigenvalue weighted by molar-refractivity contribution is 5.78. The fourth-order valence-electron chi connectivity index (χ4n) is 13.1. The van der Waals surface area contributed by atoms with Gasteiger partial charge >= 0.3 is 5.97 Å². The Hall–Kier alpha value is -1.95. The van der Waals surface area contributed by atoms with Crippen molar-refractivity contribution in [3.05, 3.63) is 35.5 Å². The smallest absolute Gasteiger partial charge is 0.312 e. The summed E-state index contributed by atoms with van der Waals surface area (Å²) in [5, 5.41) is 14.0. The van der Waals surface area contributed by atoms with Gasteiger partial charge in [0.05, 0.1) is 5.41 Å². The van der Waals surface area contributed by atoms with Crippen molar-refractivity contribution in [1.29, 1.82) is 0 Å². The summed E-state index contributed by atoms with van der Waals surface area (Å²) in [4.78, 5) is 26.5. The summed E-state index contributed by atoms with van der Waals surface area (Å²) in [5.74, 6) is 2.48. The van der Waals surface area contributed by atoms with Crippen molar-refractivity contribution in [2.24, 2.45) is 51.2 Å². The second-order valence-corrected chi connectivity index (χ2v) is 19.1. The number of allylic oxidation sites excluding steroid dienone is 5. The first-order chi connectivity index (χ1) is 23.7. The number of likely N-dealkylation sites (tertiary alicyclic amines) is 1. The minimum Gasteiger partial charge on any atom is -0.481 e. The number of aliphatic carboxylic acids is 1. The first-order valence-corrected chi connectivity index (χ1v) is 20.6. The van der Waals surface area contributed by atoms with Crippen LogP contribution in [0, 0.1) is 51.2 Å². The Morgan fingerprint density at radius 1 is 1.10 bits per heavy atom. The lowest BCUT2D eigenvalue weighted by molar-refractivity contribution is -0.176. The maximum Gasteiger partial charge on any atom is 0.312 e. The third-order valence-corrected chi connectivity index (χ3v) is 16.6. The summed E-state index contributed by atoms with van der Waals surface area (Å²) in [5.41, 5.74) is 3.53. The summed E-state index contributed by atoms with van der Waals surface area (Å²) in [6, 6.07) is 0. The van der Waals surface area contributed by atoms with Gasteiger partial charge in [-0.25, -0.2) is 4.39 Å². The van der Waals surface area contributed by atoms with Crippen LogP contribution in [0.2, 0.25) is 0 Å². The van der Waals surface area contributed by atoms with Crippen molar-refractivity contribution >= 4 is 11.9 Å². The molecule has 0 spiro atoms. The number of carboxylic acid groups (broad SMARTS) is 1. The van der Waals surface area contributed by atoms with E-state index < -0.39 is 18.1 Å². The summed E-state index contributed by atoms with van der Waals surface area (Å²) < 4.78 is 14.0. The van der Waals surface area contributed by atoms with Crippen LogP contribution in [0.3, 0.4) is 0 Å². The van der Waals surface area contributed by atoms with Crippen molar-refractivity contribution in [3.8, 4) is 0 Å². The van der Waals surface area contributed by atoms with Crippen LogP contribution >= 0.6 is 0 Å². The minimum absolute atomic E-state index is 0.0160. The van der Waals surface area contributed by atoms with Crippen molar-refractivity contribution in [2.45, 2.75) is 150 Å². The number of hydrogen-bond donors (Lipinski definition) is 2. The zero-order valence-corrected chi connectivity index (χ0v) is 32.5. The van der Waals surface area contributed by atoms with Gasteiger partial charge in [0, 0.05) is 31.6 Å². The van der Waals surface area contributed by atoms with E-state index in [-0.39, 0.29) is 17.4 Å². The van der Waals surface area contributed by atoms with E-state index in [9.17, 15) is 19.1 Å². The number of carbonyl (C=O) groups excluding carboxylic acids is 1. The molecule has 1 saturated heterocycles. The lowest BCUT2D eigenvalue weighted by Crippen LogP contribution is -2.65. The number of carboxylic acids is 1. The van der Waals surface area contributed by atoms with Crippen molar-refractivity contribution in [3.63, 3.8) is 0 Å². The Morgan fingerprint density at radius 3 is 2.50 bits per heavy atom. The fourth-order valence-corrected chi connectivity index (χ4v) is 13.1. The first-order valence-electron chi connectivity index (χ1n) is 20.6. The molecule has 0 aromatic rings. The van der Waals surface area contributed by atoms with Crippen LogP contribution in [0.15, 0.2) is 35.5 Å². The molecule has 6 heteroatoms. The average molecular weight is 693 g/mol. The highest BCUT2D eigenvalue weighted by atomic mass is 19.1. The van der Waals surface area contributed by atoms with Gasteiger partial charge in [0.1, 0.15) is 6.67 Å². The summed E-state index contributed by atoms with van der Waals surface area (Å²) in [7, 11) is 0. The molecule has 5 nitrogen and oxygen atoms in total. The molecule has 2 N–H and O–H groups in total. The number of fused-ring (bicyclic) bond motifs is 5. The van der Waals surface area contributed by atoms with Crippen molar-refractivity contribution in [2.75, 3.05) is 26.3 Å². The molecule has 9 atom stereocenters. The van der Waals surface area contributed by atoms with Crippen LogP contribution in [-0.4, -0.2) is 53.7 Å². The zero-order chi connectivity index (χ0) is 36.1. The van der Waals surface area contributed by atoms with Gasteiger partial charge in [-0.1, -0.05) is 65.3 Å². The quantitative estimate of drug-likeness (QED) is 0.200. The van der Waals surface area contributed by atoms with Crippen LogP contribution < -0.4 is 5.32 Å². The van der Waals surface area contributed by atoms with Gasteiger partial charge in [-0.2, -0.15) is 0 Å². The predicted molar refractivity (Wildman–Crippen MR) is 201 cm³/mol. The van der Waals surface area contributed by atoms with E-state index in [1.165, 1.54) is 74.5 Å². The number of nitrogens with one attached hydrogen (secondary N) is 1. The van der Waals surface area contributed by atoms with Gasteiger partial charge in [0.25, 0.3) is 0 Å². The Labute approximate surface area is 303 Å². The average Bonchev–Trinajstić information content (AvgIpc) is 3.68. The minimum atomic E-state index is -1.26. The number of hydrogen-bond acceptors (Lipinski definition) is 3. The Bertz CT molecular complexity index is 1380. The fraction of sp³-hybridized carbons (Fsp3) is 0.818. The standard InChI is InChI=1S/C44H69FN2O3/c1-8-9-11-35(31-15-20-43(29-45,21-16-31)39(49)50)40(4,5)32-17-19-41(6)33(28-32)13-14-36-38-34(30(2)3)18-22-44(38,24-23-42(36,41)7)46-25-27-47-26-10-12-37(47)48/h11,15,32-34,36,38,46H,2,8-10,12-14,16-29H2,1,3-7H3,(H,49,50)/b35-11-/t32-,33-,34+,36-,38-,41-,42-,43+,44+/m1/s1. The van der Waals surface area contributed by atoms with E-state index >= 15 is 0 Å². The van der Waals surface area contributed by atoms with E-state index in [2.05, 4.69) is 70.5 Å². The molecule has 1 heterocycles. The van der Waals surface area contributed by atoms with Gasteiger partial charge in [-0.15, -0.1) is 0 Å². The van der Waals surface area contributed by atoms with Crippen LogP contribution in [0.25, 0.3) is 0 Å². The molecule has 280 valence electrons. The molecule has 0 bridgehead atoms. The molecular weight excluding hydrogens is 623 g/mol. The van der Waals surface area contributed by atoms with E-state index in [1.807, 2.05) is 0 Å². The summed E-state index contributed by atoms with van der Waals surface area (Å²) in [6.07, 6.45) is 21.0. The van der Waals surface area contributed by atoms with Crippen molar-refractivity contribution < 1.29 is 19.1 Å². The Kier molecular flexibility index (Phi) is 10.7. The van der Waals surface area contributed by atoms with Gasteiger partial charge < -0.3 is 15.3 Å². The Balaban J connectivity index is 1.21. The molecule has 50 heavy (non-hydrogen) atoms. The lowest BCUT2D eigenvalue weighted by atomic mass is 9.38. The van der Waals surface area contributed by atoms with E-state index in [1.54, 1.807) is 0 Å². The number of unbranched alkanes of at least 4 members (excludes halogenated alkanes) is 1. The Morgan fingerprint density at radius 2 is 1.88 bits per heavy atom.